The number of nitrogens with one attached hydrogen (secondary N) is 2. The van der Waals surface area contributed by atoms with Crippen LogP contribution in [0.1, 0.15) is 45.6 Å². The van der Waals surface area contributed by atoms with Gasteiger partial charge in [0.2, 0.25) is 11.9 Å². The zero-order valence-corrected chi connectivity index (χ0v) is 22.6. The smallest absolute Gasteiger partial charge is 0.313 e. The topological polar surface area (TPSA) is 99.9 Å². The molecule has 4 rings (SSSR count). The van der Waals surface area contributed by atoms with E-state index in [4.69, 9.17) is 6.57 Å². The summed E-state index contributed by atoms with van der Waals surface area (Å²) in [5, 5.41) is 5.25. The monoisotopic (exact) mass is 550 g/mol. The van der Waals surface area contributed by atoms with Crippen molar-refractivity contribution >= 4 is 34.9 Å². The number of amides is 3. The number of ketones is 1. The number of hydrogen-bond acceptors (Lipinski definition) is 4. The predicted molar refractivity (Wildman–Crippen MR) is 146 cm³/mol. The number of halogens is 2. The Hall–Kier alpha value is -4.13. The normalized spacial score (nSPS) is 22.4. The molecule has 8 nitrogen and oxygen atoms in total. The average molecular weight is 551 g/mol. The number of carbonyl (C=O) groups is 4. The average Bonchev–Trinajstić information content (AvgIpc) is 3.43. The van der Waals surface area contributed by atoms with E-state index in [1.165, 1.54) is 0 Å². The largest absolute Gasteiger partial charge is 0.325 e. The van der Waals surface area contributed by atoms with Crippen molar-refractivity contribution in [2.24, 2.45) is 11.3 Å². The molecule has 1 saturated carbocycles. The number of rotatable bonds is 7. The van der Waals surface area contributed by atoms with Gasteiger partial charge in [-0.05, 0) is 42.0 Å². The molecular weight excluding hydrogens is 518 g/mol. The SMILES string of the molecule is [C-]#[N+][C@@H]1C[C@@]2(CC1C(=O)[C@H](CC(C)(C)C)N(CC(F)F)C(=O)C(=O)Nc1ccccc1)C(=O)Nc1ccccc12. The lowest BCUT2D eigenvalue weighted by atomic mass is 9.77. The van der Waals surface area contributed by atoms with E-state index in [0.717, 1.165) is 0 Å². The van der Waals surface area contributed by atoms with Gasteiger partial charge in [0.1, 0.15) is 0 Å². The van der Waals surface area contributed by atoms with Gasteiger partial charge < -0.3 is 20.4 Å². The fraction of sp³-hybridized carbons (Fsp3) is 0.433. The molecule has 1 aliphatic heterocycles. The molecule has 40 heavy (non-hydrogen) atoms. The standard InChI is InChI=1S/C30H32F2N4O4/c1-29(2,3)16-23(36(17-24(31)32)27(39)26(38)34-18-10-6-5-7-11-18)25(37)19-14-30(15-22(19)33-4)20-12-8-9-13-21(20)35-28(30)40/h5-13,19,22-24H,14-17H2,1-3H3,(H,34,38)(H,35,40)/t19?,22-,23+,30-/m1/s1. The quantitative estimate of drug-likeness (QED) is 0.386. The third-order valence-electron chi connectivity index (χ3n) is 7.58. The highest BCUT2D eigenvalue weighted by Gasteiger charge is 2.60. The molecule has 1 unspecified atom stereocenters. The molecule has 1 fully saturated rings. The van der Waals surface area contributed by atoms with Crippen LogP contribution in [0.25, 0.3) is 4.85 Å². The van der Waals surface area contributed by atoms with Crippen LogP contribution in [0.4, 0.5) is 20.2 Å². The minimum absolute atomic E-state index is 0.00922. The summed E-state index contributed by atoms with van der Waals surface area (Å²) in [5.41, 5.74) is -0.103. The summed E-state index contributed by atoms with van der Waals surface area (Å²) in [5.74, 6) is -4.30. The van der Waals surface area contributed by atoms with Crippen molar-refractivity contribution in [3.8, 4) is 0 Å². The molecule has 1 heterocycles. The molecule has 2 aliphatic rings. The number of para-hydroxylation sites is 2. The van der Waals surface area contributed by atoms with Crippen LogP contribution in [0.5, 0.6) is 0 Å². The van der Waals surface area contributed by atoms with Gasteiger partial charge in [-0.3, -0.25) is 19.2 Å². The highest BCUT2D eigenvalue weighted by molar-refractivity contribution is 6.40. The van der Waals surface area contributed by atoms with Crippen LogP contribution in [-0.4, -0.2) is 53.5 Å². The first-order valence-electron chi connectivity index (χ1n) is 13.1. The molecule has 2 N–H and O–H groups in total. The molecule has 1 spiro atoms. The van der Waals surface area contributed by atoms with Crippen molar-refractivity contribution in [3.05, 3.63) is 71.6 Å². The highest BCUT2D eigenvalue weighted by Crippen LogP contribution is 2.52. The minimum atomic E-state index is -3.01. The van der Waals surface area contributed by atoms with Crippen LogP contribution in [0.3, 0.4) is 0 Å². The summed E-state index contributed by atoms with van der Waals surface area (Å²) in [4.78, 5) is 58.0. The molecule has 3 amide bonds. The van der Waals surface area contributed by atoms with Crippen molar-refractivity contribution in [3.63, 3.8) is 0 Å². The summed E-state index contributed by atoms with van der Waals surface area (Å²) in [6.45, 7) is 12.1. The van der Waals surface area contributed by atoms with Gasteiger partial charge in [-0.25, -0.2) is 15.4 Å². The van der Waals surface area contributed by atoms with Crippen molar-refractivity contribution in [1.29, 1.82) is 0 Å². The molecule has 0 saturated heterocycles. The Morgan fingerprint density at radius 2 is 1.75 bits per heavy atom. The van der Waals surface area contributed by atoms with Gasteiger partial charge in [0.15, 0.2) is 5.78 Å². The van der Waals surface area contributed by atoms with Gasteiger partial charge in [0.25, 0.3) is 6.43 Å². The first-order chi connectivity index (χ1) is 18.9. The number of alkyl halides is 2. The molecule has 0 bridgehead atoms. The number of carbonyl (C=O) groups excluding carboxylic acids is 4. The Kier molecular flexibility index (Phi) is 8.05. The Bertz CT molecular complexity index is 1350. The van der Waals surface area contributed by atoms with Gasteiger partial charge in [-0.15, -0.1) is 0 Å². The van der Waals surface area contributed by atoms with Gasteiger partial charge in [-0.1, -0.05) is 57.2 Å². The summed E-state index contributed by atoms with van der Waals surface area (Å²) in [6, 6.07) is 12.9. The summed E-state index contributed by atoms with van der Waals surface area (Å²) in [7, 11) is 0. The van der Waals surface area contributed by atoms with Crippen molar-refractivity contribution in [2.45, 2.75) is 64.0 Å². The number of fused-ring (bicyclic) bond motifs is 2. The number of hydrogen-bond donors (Lipinski definition) is 2. The maximum Gasteiger partial charge on any atom is 0.313 e. The van der Waals surface area contributed by atoms with E-state index in [1.807, 2.05) is 0 Å². The first-order valence-corrected chi connectivity index (χ1v) is 13.1. The number of benzene rings is 2. The van der Waals surface area contributed by atoms with Crippen LogP contribution in [0, 0.1) is 17.9 Å². The second-order valence-corrected chi connectivity index (χ2v) is 11.6. The van der Waals surface area contributed by atoms with E-state index in [9.17, 15) is 28.0 Å². The summed E-state index contributed by atoms with van der Waals surface area (Å²) < 4.78 is 27.7. The lowest BCUT2D eigenvalue weighted by Crippen LogP contribution is -2.54. The van der Waals surface area contributed by atoms with Crippen LogP contribution >= 0.6 is 0 Å². The number of anilines is 2. The maximum absolute atomic E-state index is 14.2. The maximum atomic E-state index is 14.2. The van der Waals surface area contributed by atoms with E-state index >= 15 is 0 Å². The van der Waals surface area contributed by atoms with Crippen LogP contribution < -0.4 is 10.6 Å². The van der Waals surface area contributed by atoms with E-state index < -0.39 is 59.4 Å². The second kappa shape index (κ2) is 11.2. The summed E-state index contributed by atoms with van der Waals surface area (Å²) in [6.07, 6.45) is -2.92. The highest BCUT2D eigenvalue weighted by atomic mass is 19.3. The molecule has 2 aromatic carbocycles. The zero-order chi connectivity index (χ0) is 29.2. The van der Waals surface area contributed by atoms with Crippen molar-refractivity contribution < 1.29 is 28.0 Å². The fourth-order valence-corrected chi connectivity index (χ4v) is 5.83. The van der Waals surface area contributed by atoms with Crippen LogP contribution in [0.2, 0.25) is 0 Å². The minimum Gasteiger partial charge on any atom is -0.325 e. The zero-order valence-electron chi connectivity index (χ0n) is 22.6. The molecule has 2 aromatic rings. The van der Waals surface area contributed by atoms with Crippen molar-refractivity contribution in [1.82, 2.24) is 4.90 Å². The Morgan fingerprint density at radius 3 is 2.38 bits per heavy atom. The molecule has 210 valence electrons. The lowest BCUT2D eigenvalue weighted by molar-refractivity contribution is -0.150. The predicted octanol–water partition coefficient (Wildman–Crippen LogP) is 4.68. The van der Waals surface area contributed by atoms with Gasteiger partial charge in [-0.2, -0.15) is 0 Å². The fourth-order valence-electron chi connectivity index (χ4n) is 5.83. The van der Waals surface area contributed by atoms with E-state index in [2.05, 4.69) is 15.5 Å². The molecule has 1 aliphatic carbocycles. The number of nitrogens with zero attached hydrogens (tertiary/aromatic N) is 2. The van der Waals surface area contributed by atoms with E-state index in [1.54, 1.807) is 75.4 Å². The van der Waals surface area contributed by atoms with E-state index in [0.29, 0.717) is 21.8 Å². The van der Waals surface area contributed by atoms with E-state index in [-0.39, 0.29) is 25.2 Å². The van der Waals surface area contributed by atoms with Crippen LogP contribution in [0.15, 0.2) is 54.6 Å². The molecular formula is C30H32F2N4O4. The first kappa shape index (κ1) is 28.9. The van der Waals surface area contributed by atoms with Crippen LogP contribution in [-0.2, 0) is 24.6 Å². The Labute approximate surface area is 231 Å². The lowest BCUT2D eigenvalue weighted by Gasteiger charge is -2.35. The number of Topliss-reactive ketones (excluding diaryl/α,β-unsaturated/α-hetero) is 1. The Balaban J connectivity index is 1.69. The Morgan fingerprint density at radius 1 is 1.10 bits per heavy atom. The van der Waals surface area contributed by atoms with Gasteiger partial charge >= 0.3 is 11.8 Å². The van der Waals surface area contributed by atoms with Gasteiger partial charge in [0, 0.05) is 17.8 Å². The van der Waals surface area contributed by atoms with Crippen molar-refractivity contribution in [2.75, 3.05) is 17.2 Å². The molecule has 10 heteroatoms. The third kappa shape index (κ3) is 5.74. The molecule has 4 atom stereocenters. The van der Waals surface area contributed by atoms with Gasteiger partial charge in [0.05, 0.1) is 23.9 Å². The molecule has 0 radical (unpaired) electrons. The second-order valence-electron chi connectivity index (χ2n) is 11.6. The summed E-state index contributed by atoms with van der Waals surface area (Å²) >= 11 is 0. The third-order valence-corrected chi connectivity index (χ3v) is 7.58. The molecule has 0 aromatic heterocycles.